The Morgan fingerprint density at radius 1 is 1.24 bits per heavy atom. The number of hydrogen-bond donors (Lipinski definition) is 2. The molecule has 12 nitrogen and oxygen atoms in total. The fraction of sp³-hybridized carbons (Fsp3) is 0.391. The second-order valence-corrected chi connectivity index (χ2v) is 10.9. The highest BCUT2D eigenvalue weighted by Gasteiger charge is 2.49. The van der Waals surface area contributed by atoms with E-state index in [4.69, 9.17) is 23.7 Å². The molecule has 5 atom stereocenters. The Bertz CT molecular complexity index is 1450. The van der Waals surface area contributed by atoms with E-state index >= 15 is 0 Å². The van der Waals surface area contributed by atoms with Crippen LogP contribution in [0, 0.1) is 5.82 Å². The van der Waals surface area contributed by atoms with Crippen molar-refractivity contribution in [2.75, 3.05) is 39.0 Å². The minimum absolute atomic E-state index is 0.0834. The molecule has 2 saturated heterocycles. The number of carbonyl (C=O) groups is 1. The number of ether oxygens (including phenoxy) is 5. The lowest BCUT2D eigenvalue weighted by Gasteiger charge is -2.20. The zero-order chi connectivity index (χ0) is 26.3. The molecule has 37 heavy (non-hydrogen) atoms. The molecule has 0 bridgehead atoms. The van der Waals surface area contributed by atoms with Gasteiger partial charge in [-0.15, -0.1) is 0 Å². The van der Waals surface area contributed by atoms with Crippen LogP contribution in [-0.4, -0.2) is 88.7 Å². The molecule has 14 heteroatoms. The van der Waals surface area contributed by atoms with Gasteiger partial charge in [0.05, 0.1) is 26.0 Å². The zero-order valence-corrected chi connectivity index (χ0v) is 21.1. The maximum atomic E-state index is 14.2. The van der Waals surface area contributed by atoms with Gasteiger partial charge in [-0.1, -0.05) is 0 Å². The van der Waals surface area contributed by atoms with Crippen molar-refractivity contribution in [1.29, 1.82) is 0 Å². The van der Waals surface area contributed by atoms with E-state index in [1.165, 1.54) is 48.6 Å². The molecule has 2 aromatic heterocycles. The van der Waals surface area contributed by atoms with Gasteiger partial charge in [0, 0.05) is 35.3 Å². The number of methoxy groups -OCH3 is 2. The third-order valence-corrected chi connectivity index (χ3v) is 6.64. The molecule has 198 valence electrons. The fourth-order valence-corrected chi connectivity index (χ4v) is 4.92. The summed E-state index contributed by atoms with van der Waals surface area (Å²) in [6, 6.07) is 4.02. The van der Waals surface area contributed by atoms with E-state index in [1.807, 2.05) is 0 Å². The number of nitrogens with one attached hydrogen (secondary N) is 2. The van der Waals surface area contributed by atoms with E-state index in [-0.39, 0.29) is 47.8 Å². The topological polar surface area (TPSA) is 135 Å². The minimum Gasteiger partial charge on any atom is -0.493 e. The van der Waals surface area contributed by atoms with Crippen molar-refractivity contribution in [2.45, 2.75) is 24.4 Å². The number of halogens is 1. The Hall–Kier alpha value is -3.46. The summed E-state index contributed by atoms with van der Waals surface area (Å²) in [6.45, 7) is 0.630. The van der Waals surface area contributed by atoms with Crippen LogP contribution in [0.15, 0.2) is 30.7 Å². The van der Waals surface area contributed by atoms with Gasteiger partial charge in [-0.2, -0.15) is 5.10 Å². The molecule has 1 aromatic carbocycles. The molecule has 5 unspecified atom stereocenters. The molecule has 0 aliphatic carbocycles. The maximum absolute atomic E-state index is 14.2. The number of anilines is 2. The third kappa shape index (κ3) is 4.92. The number of hydrogen-bond acceptors (Lipinski definition) is 10. The number of rotatable bonds is 8. The molecule has 0 spiro atoms. The van der Waals surface area contributed by atoms with Gasteiger partial charge in [0.25, 0.3) is 5.91 Å². The standard InChI is InChI=1S/C23H26FN5O7S/c1-32-16-9-34-21-17(10-35-20(16)21)36-15-7-12(24)5-6-14(15)27-22-18-19(33-2)13(8-29(18)26-11-25-22)23(30)28-37(3,4)31/h5-8,11,16-17,20-21H,3,9-10H2,1-2,4H3,(H,25,26,27)(H,28,30,31). The number of amides is 1. The largest absolute Gasteiger partial charge is 0.493 e. The van der Waals surface area contributed by atoms with Crippen LogP contribution in [0.1, 0.15) is 10.4 Å². The smallest absolute Gasteiger partial charge is 0.267 e. The van der Waals surface area contributed by atoms with Crippen molar-refractivity contribution in [2.24, 2.45) is 0 Å². The van der Waals surface area contributed by atoms with E-state index < -0.39 is 27.5 Å². The molecule has 0 saturated carbocycles. The van der Waals surface area contributed by atoms with Crippen LogP contribution in [0.4, 0.5) is 15.9 Å². The minimum atomic E-state index is -2.82. The van der Waals surface area contributed by atoms with Crippen LogP contribution >= 0.6 is 0 Å². The predicted octanol–water partition coefficient (Wildman–Crippen LogP) is 1.17. The Morgan fingerprint density at radius 3 is 2.68 bits per heavy atom. The van der Waals surface area contributed by atoms with Crippen LogP contribution in [0.25, 0.3) is 5.52 Å². The van der Waals surface area contributed by atoms with Crippen LogP contribution in [0.3, 0.4) is 0 Å². The van der Waals surface area contributed by atoms with Gasteiger partial charge >= 0.3 is 0 Å². The lowest BCUT2D eigenvalue weighted by atomic mass is 10.1. The summed E-state index contributed by atoms with van der Waals surface area (Å²) >= 11 is 0. The third-order valence-electron chi connectivity index (χ3n) is 6.03. The normalized spacial score (nSPS) is 24.4. The Labute approximate surface area is 212 Å². The first-order valence-electron chi connectivity index (χ1n) is 11.2. The van der Waals surface area contributed by atoms with E-state index in [1.54, 1.807) is 7.11 Å². The van der Waals surface area contributed by atoms with Crippen molar-refractivity contribution >= 4 is 38.5 Å². The van der Waals surface area contributed by atoms with Crippen LogP contribution in [-0.2, 0) is 23.9 Å². The highest BCUT2D eigenvalue weighted by atomic mass is 32.2. The Morgan fingerprint density at radius 2 is 1.97 bits per heavy atom. The average Bonchev–Trinajstić information content (AvgIpc) is 3.54. The van der Waals surface area contributed by atoms with Gasteiger partial charge in [-0.3, -0.25) is 9.52 Å². The van der Waals surface area contributed by atoms with E-state index in [2.05, 4.69) is 26.0 Å². The molecule has 3 aromatic rings. The first-order valence-corrected chi connectivity index (χ1v) is 13.4. The quantitative estimate of drug-likeness (QED) is 0.405. The second-order valence-electron chi connectivity index (χ2n) is 8.71. The van der Waals surface area contributed by atoms with E-state index in [9.17, 15) is 13.4 Å². The monoisotopic (exact) mass is 535 g/mol. The molecule has 1 amide bonds. The summed E-state index contributed by atoms with van der Waals surface area (Å²) < 4.78 is 58.6. The van der Waals surface area contributed by atoms with Crippen LogP contribution in [0.5, 0.6) is 11.5 Å². The Balaban J connectivity index is 1.47. The number of nitrogens with zero attached hydrogens (tertiary/aromatic N) is 3. The fourth-order valence-electron chi connectivity index (χ4n) is 4.42. The Kier molecular flexibility index (Phi) is 6.66. The average molecular weight is 536 g/mol. The molecular weight excluding hydrogens is 509 g/mol. The van der Waals surface area contributed by atoms with Crippen LogP contribution in [0.2, 0.25) is 0 Å². The second kappa shape index (κ2) is 9.78. The van der Waals surface area contributed by atoms with E-state index in [0.29, 0.717) is 17.8 Å². The molecule has 0 radical (unpaired) electrons. The van der Waals surface area contributed by atoms with Gasteiger partial charge in [-0.25, -0.2) is 18.1 Å². The summed E-state index contributed by atoms with van der Waals surface area (Å²) in [7, 11) is 0.154. The predicted molar refractivity (Wildman–Crippen MR) is 133 cm³/mol. The molecular formula is C23H26FN5O7S. The number of carbonyl (C=O) groups excluding carboxylic acids is 1. The van der Waals surface area contributed by atoms with Crippen molar-refractivity contribution in [3.8, 4) is 11.5 Å². The highest BCUT2D eigenvalue weighted by molar-refractivity contribution is 7.98. The van der Waals surface area contributed by atoms with Gasteiger partial charge < -0.3 is 29.0 Å². The molecule has 2 aliphatic heterocycles. The molecule has 2 N–H and O–H groups in total. The molecule has 2 fully saturated rings. The zero-order valence-electron chi connectivity index (χ0n) is 20.3. The lowest BCUT2D eigenvalue weighted by molar-refractivity contribution is -0.0138. The summed E-state index contributed by atoms with van der Waals surface area (Å²) in [6.07, 6.45) is 2.69. The number of aromatic nitrogens is 3. The van der Waals surface area contributed by atoms with Gasteiger partial charge in [0.1, 0.15) is 41.8 Å². The van der Waals surface area contributed by atoms with Crippen molar-refractivity contribution in [3.05, 3.63) is 42.1 Å². The number of benzene rings is 1. The summed E-state index contributed by atoms with van der Waals surface area (Å²) in [5.74, 6) is 2.91. The van der Waals surface area contributed by atoms with Gasteiger partial charge in [-0.05, 0) is 18.0 Å². The number of fused-ring (bicyclic) bond motifs is 2. The van der Waals surface area contributed by atoms with Gasteiger partial charge in [0.2, 0.25) is 0 Å². The maximum Gasteiger partial charge on any atom is 0.267 e. The van der Waals surface area contributed by atoms with Crippen LogP contribution < -0.4 is 19.5 Å². The molecule has 5 rings (SSSR count). The van der Waals surface area contributed by atoms with Crippen molar-refractivity contribution in [1.82, 2.24) is 19.3 Å². The first kappa shape index (κ1) is 25.2. The van der Waals surface area contributed by atoms with E-state index in [0.717, 1.165) is 0 Å². The summed E-state index contributed by atoms with van der Waals surface area (Å²) in [4.78, 5) is 17.0. The van der Waals surface area contributed by atoms with Gasteiger partial charge in [0.15, 0.2) is 23.2 Å². The first-order chi connectivity index (χ1) is 17.7. The molecule has 4 heterocycles. The SMILES string of the molecule is C=S(C)(=O)NC(=O)c1cn2ncnc(Nc3ccc(F)cc3OC3COC4C(OC)COC34)c2c1OC. The lowest BCUT2D eigenvalue weighted by Crippen LogP contribution is -2.35. The highest BCUT2D eigenvalue weighted by Crippen LogP contribution is 2.37. The summed E-state index contributed by atoms with van der Waals surface area (Å²) in [5, 5.41) is 7.27. The van der Waals surface area contributed by atoms with Crippen molar-refractivity contribution < 1.29 is 37.1 Å². The summed E-state index contributed by atoms with van der Waals surface area (Å²) in [5.41, 5.74) is 0.804. The molecule has 2 aliphatic rings. The van der Waals surface area contributed by atoms with Crippen molar-refractivity contribution in [3.63, 3.8) is 0 Å².